The van der Waals surface area contributed by atoms with Gasteiger partial charge in [0.1, 0.15) is 0 Å². The van der Waals surface area contributed by atoms with E-state index in [-0.39, 0.29) is 5.54 Å². The lowest BCUT2D eigenvalue weighted by molar-refractivity contribution is 0.409. The summed E-state index contributed by atoms with van der Waals surface area (Å²) in [5.41, 5.74) is 6.50. The molecule has 1 aromatic rings. The molecule has 2 unspecified atom stereocenters. The van der Waals surface area contributed by atoms with Gasteiger partial charge in [-0.15, -0.1) is 11.3 Å². The Kier molecular flexibility index (Phi) is 3.12. The van der Waals surface area contributed by atoms with Crippen LogP contribution in [0.3, 0.4) is 0 Å². The standard InChI is InChI=1S/C12H20N2S/c1-3-10-4-5-12(13,6-10)7-11-8-14-9(2)15-11/h8,10H,3-7,13H2,1-2H3. The van der Waals surface area contributed by atoms with Crippen LogP contribution in [0.5, 0.6) is 0 Å². The van der Waals surface area contributed by atoms with Crippen LogP contribution in [0.4, 0.5) is 0 Å². The minimum absolute atomic E-state index is 0.0552. The van der Waals surface area contributed by atoms with Crippen molar-refractivity contribution in [2.45, 2.75) is 51.5 Å². The topological polar surface area (TPSA) is 38.9 Å². The SMILES string of the molecule is CCC1CCC(N)(Cc2cnc(C)s2)C1. The largest absolute Gasteiger partial charge is 0.325 e. The van der Waals surface area contributed by atoms with Gasteiger partial charge in [0.15, 0.2) is 0 Å². The average molecular weight is 224 g/mol. The fourth-order valence-electron chi connectivity index (χ4n) is 2.61. The predicted octanol–water partition coefficient (Wildman–Crippen LogP) is 2.90. The maximum absolute atomic E-state index is 6.45. The van der Waals surface area contributed by atoms with Crippen LogP contribution in [-0.2, 0) is 6.42 Å². The van der Waals surface area contributed by atoms with E-state index in [0.29, 0.717) is 0 Å². The molecule has 0 aliphatic heterocycles. The van der Waals surface area contributed by atoms with Crippen LogP contribution < -0.4 is 5.73 Å². The van der Waals surface area contributed by atoms with Crippen molar-refractivity contribution in [3.05, 3.63) is 16.1 Å². The molecule has 0 spiro atoms. The lowest BCUT2D eigenvalue weighted by atomic mass is 9.92. The predicted molar refractivity (Wildman–Crippen MR) is 65.1 cm³/mol. The number of aromatic nitrogens is 1. The molecule has 0 radical (unpaired) electrons. The summed E-state index contributed by atoms with van der Waals surface area (Å²) in [6.45, 7) is 4.33. The molecule has 84 valence electrons. The van der Waals surface area contributed by atoms with Gasteiger partial charge in [-0.25, -0.2) is 4.98 Å². The zero-order chi connectivity index (χ0) is 10.9. The van der Waals surface area contributed by atoms with Gasteiger partial charge in [0, 0.05) is 23.0 Å². The molecule has 0 amide bonds. The molecule has 1 saturated carbocycles. The van der Waals surface area contributed by atoms with Crippen LogP contribution in [0.15, 0.2) is 6.20 Å². The summed E-state index contributed by atoms with van der Waals surface area (Å²) in [5.74, 6) is 0.851. The molecule has 1 aliphatic rings. The van der Waals surface area contributed by atoms with Crippen LogP contribution in [0.1, 0.15) is 42.5 Å². The minimum Gasteiger partial charge on any atom is -0.325 e. The summed E-state index contributed by atoms with van der Waals surface area (Å²) in [7, 11) is 0. The van der Waals surface area contributed by atoms with Crippen LogP contribution in [-0.4, -0.2) is 10.5 Å². The van der Waals surface area contributed by atoms with Gasteiger partial charge in [-0.3, -0.25) is 0 Å². The second-order valence-electron chi connectivity index (χ2n) is 4.90. The molecule has 0 saturated heterocycles. The van der Waals surface area contributed by atoms with E-state index in [0.717, 1.165) is 17.3 Å². The summed E-state index contributed by atoms with van der Waals surface area (Å²) in [6, 6.07) is 0. The number of aryl methyl sites for hydroxylation is 1. The Balaban J connectivity index is 2.00. The highest BCUT2D eigenvalue weighted by molar-refractivity contribution is 7.11. The summed E-state index contributed by atoms with van der Waals surface area (Å²) in [6.07, 6.45) is 7.98. The first-order chi connectivity index (χ1) is 7.11. The molecule has 2 nitrogen and oxygen atoms in total. The van der Waals surface area contributed by atoms with Gasteiger partial charge < -0.3 is 5.73 Å². The third-order valence-electron chi connectivity index (χ3n) is 3.52. The Morgan fingerprint density at radius 2 is 2.47 bits per heavy atom. The van der Waals surface area contributed by atoms with E-state index in [2.05, 4.69) is 18.8 Å². The summed E-state index contributed by atoms with van der Waals surface area (Å²) >= 11 is 1.79. The molecule has 1 aliphatic carbocycles. The molecule has 2 rings (SSSR count). The van der Waals surface area contributed by atoms with E-state index in [4.69, 9.17) is 5.73 Å². The van der Waals surface area contributed by atoms with Gasteiger partial charge in [0.2, 0.25) is 0 Å². The highest BCUT2D eigenvalue weighted by Crippen LogP contribution is 2.37. The monoisotopic (exact) mass is 224 g/mol. The van der Waals surface area contributed by atoms with Gasteiger partial charge in [0.25, 0.3) is 0 Å². The second kappa shape index (κ2) is 4.22. The van der Waals surface area contributed by atoms with Crippen LogP contribution in [0.2, 0.25) is 0 Å². The lowest BCUT2D eigenvalue weighted by Crippen LogP contribution is -2.39. The first-order valence-corrected chi connectivity index (χ1v) is 6.63. The summed E-state index contributed by atoms with van der Waals surface area (Å²) in [4.78, 5) is 5.65. The van der Waals surface area contributed by atoms with Crippen LogP contribution in [0, 0.1) is 12.8 Å². The Hall–Kier alpha value is -0.410. The molecular formula is C12H20N2S. The Labute approximate surface area is 95.9 Å². The van der Waals surface area contributed by atoms with Crippen LogP contribution >= 0.6 is 11.3 Å². The van der Waals surface area contributed by atoms with E-state index in [1.54, 1.807) is 11.3 Å². The maximum atomic E-state index is 6.45. The molecule has 15 heavy (non-hydrogen) atoms. The minimum atomic E-state index is 0.0552. The van der Waals surface area contributed by atoms with Crippen molar-refractivity contribution in [1.29, 1.82) is 0 Å². The third kappa shape index (κ3) is 2.58. The van der Waals surface area contributed by atoms with Crippen molar-refractivity contribution < 1.29 is 0 Å². The number of hydrogen-bond donors (Lipinski definition) is 1. The van der Waals surface area contributed by atoms with Gasteiger partial charge in [-0.05, 0) is 32.1 Å². The maximum Gasteiger partial charge on any atom is 0.0896 e. The average Bonchev–Trinajstić information content (AvgIpc) is 2.74. The van der Waals surface area contributed by atoms with Crippen molar-refractivity contribution in [2.24, 2.45) is 11.7 Å². The highest BCUT2D eigenvalue weighted by Gasteiger charge is 2.35. The van der Waals surface area contributed by atoms with Crippen molar-refractivity contribution in [1.82, 2.24) is 4.98 Å². The normalized spacial score (nSPS) is 31.0. The van der Waals surface area contributed by atoms with E-state index >= 15 is 0 Å². The molecule has 2 atom stereocenters. The van der Waals surface area contributed by atoms with Gasteiger partial charge >= 0.3 is 0 Å². The number of thiazole rings is 1. The Morgan fingerprint density at radius 3 is 3.00 bits per heavy atom. The molecule has 3 heteroatoms. The van der Waals surface area contributed by atoms with Crippen LogP contribution in [0.25, 0.3) is 0 Å². The number of hydrogen-bond acceptors (Lipinski definition) is 3. The molecule has 1 heterocycles. The van der Waals surface area contributed by atoms with E-state index in [1.807, 2.05) is 6.20 Å². The van der Waals surface area contributed by atoms with Gasteiger partial charge in [-0.1, -0.05) is 13.3 Å². The summed E-state index contributed by atoms with van der Waals surface area (Å²) in [5, 5.41) is 1.15. The highest BCUT2D eigenvalue weighted by atomic mass is 32.1. The van der Waals surface area contributed by atoms with Crippen molar-refractivity contribution >= 4 is 11.3 Å². The quantitative estimate of drug-likeness (QED) is 0.857. The molecule has 0 bridgehead atoms. The summed E-state index contributed by atoms with van der Waals surface area (Å²) < 4.78 is 0. The fourth-order valence-corrected chi connectivity index (χ4v) is 3.56. The van der Waals surface area contributed by atoms with Gasteiger partial charge in [0.05, 0.1) is 5.01 Å². The van der Waals surface area contributed by atoms with Crippen molar-refractivity contribution in [3.63, 3.8) is 0 Å². The Morgan fingerprint density at radius 1 is 1.67 bits per heavy atom. The first kappa shape index (κ1) is 11.1. The number of rotatable bonds is 3. The van der Waals surface area contributed by atoms with E-state index in [1.165, 1.54) is 30.6 Å². The van der Waals surface area contributed by atoms with E-state index < -0.39 is 0 Å². The number of nitrogens with two attached hydrogens (primary N) is 1. The first-order valence-electron chi connectivity index (χ1n) is 5.81. The fraction of sp³-hybridized carbons (Fsp3) is 0.750. The second-order valence-corrected chi connectivity index (χ2v) is 6.22. The molecular weight excluding hydrogens is 204 g/mol. The molecule has 1 fully saturated rings. The number of nitrogens with zero attached hydrogens (tertiary/aromatic N) is 1. The molecule has 2 N–H and O–H groups in total. The Bertz CT molecular complexity index is 334. The van der Waals surface area contributed by atoms with Gasteiger partial charge in [-0.2, -0.15) is 0 Å². The molecule has 1 aromatic heterocycles. The van der Waals surface area contributed by atoms with Crippen molar-refractivity contribution in [2.75, 3.05) is 0 Å². The third-order valence-corrected chi connectivity index (χ3v) is 4.43. The zero-order valence-electron chi connectivity index (χ0n) is 9.62. The van der Waals surface area contributed by atoms with E-state index in [9.17, 15) is 0 Å². The zero-order valence-corrected chi connectivity index (χ0v) is 10.4. The lowest BCUT2D eigenvalue weighted by Gasteiger charge is -2.23. The van der Waals surface area contributed by atoms with Crippen molar-refractivity contribution in [3.8, 4) is 0 Å². The smallest absolute Gasteiger partial charge is 0.0896 e. The molecule has 0 aromatic carbocycles.